The molecule has 0 aromatic carbocycles. The van der Waals surface area contributed by atoms with E-state index in [-0.39, 0.29) is 5.16 Å². The Balaban J connectivity index is 2.58. The van der Waals surface area contributed by atoms with Crippen LogP contribution >= 0.6 is 11.6 Å². The van der Waals surface area contributed by atoms with E-state index in [9.17, 15) is 4.79 Å². The van der Waals surface area contributed by atoms with E-state index in [0.717, 1.165) is 0 Å². The molecule has 37 valence electrons. The molecular formula is C3H2ClN2O. The first-order valence-electron chi connectivity index (χ1n) is 1.66. The molecule has 0 aromatic heterocycles. The van der Waals surface area contributed by atoms with Crippen molar-refractivity contribution in [3.8, 4) is 0 Å². The Morgan fingerprint density at radius 3 is 2.71 bits per heavy atom. The van der Waals surface area contributed by atoms with Crippen LogP contribution in [0.3, 0.4) is 0 Å². The summed E-state index contributed by atoms with van der Waals surface area (Å²) >= 11 is 5.24. The Labute approximate surface area is 45.3 Å². The lowest BCUT2D eigenvalue weighted by atomic mass is 11.0. The summed E-state index contributed by atoms with van der Waals surface area (Å²) in [4.78, 5) is 10.0. The SMILES string of the molecule is O=C1[N]C=C(Cl)N1. The maximum Gasteiger partial charge on any atom is 0.346 e. The highest BCUT2D eigenvalue weighted by Gasteiger charge is 2.08. The fourth-order valence-corrected chi connectivity index (χ4v) is 0.412. The Morgan fingerprint density at radius 1 is 1.86 bits per heavy atom. The molecule has 0 unspecified atom stereocenters. The molecule has 1 N–H and O–H groups in total. The largest absolute Gasteiger partial charge is 0.346 e. The highest BCUT2D eigenvalue weighted by molar-refractivity contribution is 6.31. The highest BCUT2D eigenvalue weighted by Crippen LogP contribution is 1.98. The van der Waals surface area contributed by atoms with Crippen molar-refractivity contribution in [1.82, 2.24) is 10.6 Å². The van der Waals surface area contributed by atoms with Crippen molar-refractivity contribution in [2.45, 2.75) is 0 Å². The minimum Gasteiger partial charge on any atom is -0.295 e. The third-order valence-electron chi connectivity index (χ3n) is 0.521. The molecule has 0 saturated carbocycles. The van der Waals surface area contributed by atoms with Gasteiger partial charge in [0.15, 0.2) is 0 Å². The number of hydrogen-bond donors (Lipinski definition) is 1. The molecule has 0 spiro atoms. The molecule has 1 aliphatic heterocycles. The Bertz CT molecular complexity index is 131. The van der Waals surface area contributed by atoms with Crippen molar-refractivity contribution in [1.29, 1.82) is 0 Å². The topological polar surface area (TPSA) is 43.2 Å². The smallest absolute Gasteiger partial charge is 0.295 e. The monoisotopic (exact) mass is 117 g/mol. The summed E-state index contributed by atoms with van der Waals surface area (Å²) in [5.74, 6) is 0. The van der Waals surface area contributed by atoms with Gasteiger partial charge in [0.25, 0.3) is 0 Å². The second-order valence-corrected chi connectivity index (χ2v) is 1.44. The lowest BCUT2D eigenvalue weighted by Crippen LogP contribution is -2.16. The van der Waals surface area contributed by atoms with E-state index in [1.807, 2.05) is 0 Å². The zero-order valence-electron chi connectivity index (χ0n) is 3.31. The first-order chi connectivity index (χ1) is 3.29. The van der Waals surface area contributed by atoms with Gasteiger partial charge in [-0.25, -0.2) is 4.79 Å². The van der Waals surface area contributed by atoms with Crippen LogP contribution in [0.25, 0.3) is 0 Å². The average Bonchev–Trinajstić information content (AvgIpc) is 1.87. The molecule has 1 rings (SSSR count). The number of carbonyl (C=O) groups excluding carboxylic acids is 1. The zero-order valence-corrected chi connectivity index (χ0v) is 4.07. The van der Waals surface area contributed by atoms with Gasteiger partial charge in [-0.3, -0.25) is 5.32 Å². The highest BCUT2D eigenvalue weighted by atomic mass is 35.5. The van der Waals surface area contributed by atoms with E-state index in [4.69, 9.17) is 11.6 Å². The summed E-state index contributed by atoms with van der Waals surface area (Å²) in [7, 11) is 0. The van der Waals surface area contributed by atoms with E-state index in [1.54, 1.807) is 0 Å². The quantitative estimate of drug-likeness (QED) is 0.457. The second kappa shape index (κ2) is 1.42. The summed E-state index contributed by atoms with van der Waals surface area (Å²) in [6, 6.07) is -0.398. The van der Waals surface area contributed by atoms with Crippen molar-refractivity contribution in [2.75, 3.05) is 0 Å². The van der Waals surface area contributed by atoms with Crippen molar-refractivity contribution >= 4 is 17.6 Å². The molecule has 0 aromatic rings. The summed E-state index contributed by atoms with van der Waals surface area (Å²) in [5, 5.41) is 5.79. The molecule has 1 radical (unpaired) electrons. The van der Waals surface area contributed by atoms with Gasteiger partial charge in [0.1, 0.15) is 5.16 Å². The lowest BCUT2D eigenvalue weighted by Gasteiger charge is -1.82. The van der Waals surface area contributed by atoms with Crippen molar-refractivity contribution in [2.24, 2.45) is 0 Å². The van der Waals surface area contributed by atoms with E-state index in [1.165, 1.54) is 6.20 Å². The minimum atomic E-state index is -0.398. The van der Waals surface area contributed by atoms with Gasteiger partial charge in [-0.15, -0.1) is 0 Å². The van der Waals surface area contributed by atoms with Crippen molar-refractivity contribution < 1.29 is 4.79 Å². The molecule has 0 aliphatic carbocycles. The fraction of sp³-hybridized carbons (Fsp3) is 0. The van der Waals surface area contributed by atoms with Crippen LogP contribution in [-0.2, 0) is 0 Å². The van der Waals surface area contributed by atoms with Crippen LogP contribution in [0.15, 0.2) is 11.4 Å². The van der Waals surface area contributed by atoms with Gasteiger partial charge in [0.2, 0.25) is 0 Å². The second-order valence-electron chi connectivity index (χ2n) is 1.04. The maximum atomic E-state index is 10.0. The van der Waals surface area contributed by atoms with E-state index >= 15 is 0 Å². The molecule has 3 nitrogen and oxygen atoms in total. The van der Waals surface area contributed by atoms with Crippen LogP contribution in [0, 0.1) is 0 Å². The number of nitrogens with one attached hydrogen (secondary N) is 1. The van der Waals surface area contributed by atoms with Crippen LogP contribution in [0.1, 0.15) is 0 Å². The standard InChI is InChI=1S/C3H2ClN2O/c4-2-1-5-3(7)6-2/h1H,(H,6,7). The fourth-order valence-electron chi connectivity index (χ4n) is 0.282. The predicted octanol–water partition coefficient (Wildman–Crippen LogP) is 0.352. The summed E-state index contributed by atoms with van der Waals surface area (Å²) in [5.41, 5.74) is 0. The number of rotatable bonds is 0. The lowest BCUT2D eigenvalue weighted by molar-refractivity contribution is 0.248. The summed E-state index contributed by atoms with van der Waals surface area (Å²) in [6.45, 7) is 0. The zero-order chi connectivity index (χ0) is 5.28. The molecule has 0 atom stereocenters. The van der Waals surface area contributed by atoms with Crippen LogP contribution < -0.4 is 10.6 Å². The molecule has 4 heteroatoms. The number of urea groups is 1. The van der Waals surface area contributed by atoms with Crippen molar-refractivity contribution in [3.63, 3.8) is 0 Å². The maximum absolute atomic E-state index is 10.0. The van der Waals surface area contributed by atoms with Gasteiger partial charge < -0.3 is 0 Å². The van der Waals surface area contributed by atoms with Gasteiger partial charge >= 0.3 is 6.03 Å². The first kappa shape index (κ1) is 4.46. The van der Waals surface area contributed by atoms with Crippen LogP contribution in [-0.4, -0.2) is 6.03 Å². The van der Waals surface area contributed by atoms with Crippen LogP contribution in [0.2, 0.25) is 0 Å². The van der Waals surface area contributed by atoms with Gasteiger partial charge in [0.05, 0.1) is 6.20 Å². The molecule has 0 bridgehead atoms. The Kier molecular flexibility index (Phi) is 0.906. The van der Waals surface area contributed by atoms with Gasteiger partial charge in [0, 0.05) is 0 Å². The van der Waals surface area contributed by atoms with Gasteiger partial charge in [-0.2, -0.15) is 5.32 Å². The van der Waals surface area contributed by atoms with Crippen LogP contribution in [0.5, 0.6) is 0 Å². The molecule has 2 amide bonds. The number of halogens is 1. The molecule has 0 fully saturated rings. The Hall–Kier alpha value is -0.700. The molecule has 0 saturated heterocycles. The predicted molar refractivity (Wildman–Crippen MR) is 24.6 cm³/mol. The molecular weight excluding hydrogens is 115 g/mol. The number of nitrogens with zero attached hydrogens (tertiary/aromatic N) is 1. The molecule has 7 heavy (non-hydrogen) atoms. The number of hydrogen-bond acceptors (Lipinski definition) is 1. The van der Waals surface area contributed by atoms with Crippen molar-refractivity contribution in [3.05, 3.63) is 11.4 Å². The number of carbonyl (C=O) groups is 1. The molecule has 1 heterocycles. The number of amides is 2. The Morgan fingerprint density at radius 2 is 2.57 bits per heavy atom. The third kappa shape index (κ3) is 0.838. The minimum absolute atomic E-state index is 0.282. The van der Waals surface area contributed by atoms with Gasteiger partial charge in [-0.05, 0) is 0 Å². The normalized spacial score (nSPS) is 17.9. The van der Waals surface area contributed by atoms with E-state index in [0.29, 0.717) is 0 Å². The first-order valence-corrected chi connectivity index (χ1v) is 2.04. The van der Waals surface area contributed by atoms with Crippen LogP contribution in [0.4, 0.5) is 4.79 Å². The molecule has 1 aliphatic rings. The van der Waals surface area contributed by atoms with E-state index < -0.39 is 6.03 Å². The van der Waals surface area contributed by atoms with E-state index in [2.05, 4.69) is 10.6 Å². The summed E-state index contributed by atoms with van der Waals surface area (Å²) in [6.07, 6.45) is 1.27. The third-order valence-corrected chi connectivity index (χ3v) is 0.714. The average molecular weight is 118 g/mol. The summed E-state index contributed by atoms with van der Waals surface area (Å²) < 4.78 is 0. The van der Waals surface area contributed by atoms with Gasteiger partial charge in [-0.1, -0.05) is 11.6 Å².